The molecule has 3 N–H and O–H groups in total. The summed E-state index contributed by atoms with van der Waals surface area (Å²) in [4.78, 5) is 19.3. The van der Waals surface area contributed by atoms with Gasteiger partial charge in [-0.1, -0.05) is 11.6 Å². The first-order valence-electron chi connectivity index (χ1n) is 9.10. The minimum atomic E-state index is -1.18. The first kappa shape index (κ1) is 21.5. The highest BCUT2D eigenvalue weighted by Gasteiger charge is 2.22. The average molecular weight is 431 g/mol. The number of hydrogen-bond donors (Lipinski definition) is 3. The smallest absolute Gasteiger partial charge is 0.271 e. The Balaban J connectivity index is 1.67. The largest absolute Gasteiger partial charge is 0.383 e. The van der Waals surface area contributed by atoms with Gasteiger partial charge in [0.15, 0.2) is 0 Å². The zero-order chi connectivity index (χ0) is 22.1. The normalized spacial score (nSPS) is 12.4. The SMILES string of the molecule is CC(Cn1ccc(-c2cc(F)c(C#N)c(Cl)c2)n1)NC(=O)c1c[nH]c(C(C)(C)O)n1. The maximum absolute atomic E-state index is 14.0. The van der Waals surface area contributed by atoms with E-state index in [9.17, 15) is 14.3 Å². The van der Waals surface area contributed by atoms with Crippen LogP contribution in [0.4, 0.5) is 4.39 Å². The van der Waals surface area contributed by atoms with Crippen LogP contribution in [0.3, 0.4) is 0 Å². The Morgan fingerprint density at radius 1 is 1.50 bits per heavy atom. The zero-order valence-electron chi connectivity index (χ0n) is 16.6. The van der Waals surface area contributed by atoms with Crippen molar-refractivity contribution in [3.05, 3.63) is 58.5 Å². The van der Waals surface area contributed by atoms with E-state index in [1.54, 1.807) is 43.8 Å². The number of hydrogen-bond acceptors (Lipinski definition) is 5. The van der Waals surface area contributed by atoms with E-state index < -0.39 is 11.4 Å². The molecule has 1 unspecified atom stereocenters. The fourth-order valence-electron chi connectivity index (χ4n) is 2.82. The van der Waals surface area contributed by atoms with E-state index in [1.807, 2.05) is 0 Å². The van der Waals surface area contributed by atoms with Gasteiger partial charge in [0.25, 0.3) is 5.91 Å². The van der Waals surface area contributed by atoms with Gasteiger partial charge >= 0.3 is 0 Å². The van der Waals surface area contributed by atoms with Crippen LogP contribution in [-0.4, -0.2) is 36.8 Å². The topological polar surface area (TPSA) is 120 Å². The van der Waals surface area contributed by atoms with Crippen LogP contribution in [0.2, 0.25) is 5.02 Å². The number of nitrogens with zero attached hydrogens (tertiary/aromatic N) is 4. The van der Waals surface area contributed by atoms with Gasteiger partial charge in [0.2, 0.25) is 0 Å². The van der Waals surface area contributed by atoms with Gasteiger partial charge in [-0.15, -0.1) is 0 Å². The molecule has 2 aromatic heterocycles. The summed E-state index contributed by atoms with van der Waals surface area (Å²) in [5.41, 5.74) is -0.280. The third-order valence-electron chi connectivity index (χ3n) is 4.32. The van der Waals surface area contributed by atoms with Crippen LogP contribution in [0, 0.1) is 17.1 Å². The molecule has 0 saturated carbocycles. The van der Waals surface area contributed by atoms with Crippen LogP contribution < -0.4 is 5.32 Å². The molecule has 1 aromatic carbocycles. The van der Waals surface area contributed by atoms with Gasteiger partial charge in [0, 0.05) is 24.0 Å². The van der Waals surface area contributed by atoms with E-state index in [-0.39, 0.29) is 28.2 Å². The lowest BCUT2D eigenvalue weighted by molar-refractivity contribution is 0.0695. The number of carbonyl (C=O) groups excluding carboxylic acids is 1. The average Bonchev–Trinajstić information content (AvgIpc) is 3.30. The molecule has 0 fully saturated rings. The summed E-state index contributed by atoms with van der Waals surface area (Å²) in [6, 6.07) is 5.82. The fourth-order valence-corrected chi connectivity index (χ4v) is 3.07. The molecule has 0 radical (unpaired) electrons. The van der Waals surface area contributed by atoms with E-state index in [4.69, 9.17) is 16.9 Å². The second-order valence-corrected chi connectivity index (χ2v) is 7.82. The zero-order valence-corrected chi connectivity index (χ0v) is 17.3. The molecular formula is C20H20ClFN6O2. The molecule has 0 aliphatic carbocycles. The summed E-state index contributed by atoms with van der Waals surface area (Å²) in [5, 5.41) is 26.1. The molecule has 0 spiro atoms. The standard InChI is InChI=1S/C20H20ClFN6O2/c1-11(25-18(29)17-9-24-19(26-17)20(2,3)30)10-28-5-4-16(27-28)12-6-14(21)13(8-23)15(22)7-12/h4-7,9,11,30H,10H2,1-3H3,(H,24,26)(H,25,29). The van der Waals surface area contributed by atoms with Gasteiger partial charge in [0.05, 0.1) is 17.3 Å². The van der Waals surface area contributed by atoms with Crippen molar-refractivity contribution in [2.45, 2.75) is 39.0 Å². The van der Waals surface area contributed by atoms with Crippen LogP contribution >= 0.6 is 11.6 Å². The number of nitrogens with one attached hydrogen (secondary N) is 2. The van der Waals surface area contributed by atoms with Gasteiger partial charge in [-0.2, -0.15) is 10.4 Å². The number of aliphatic hydroxyl groups is 1. The summed E-state index contributed by atoms with van der Waals surface area (Å²) < 4.78 is 15.6. The summed E-state index contributed by atoms with van der Waals surface area (Å²) in [6.07, 6.45) is 3.13. The number of aromatic amines is 1. The second kappa shape index (κ2) is 8.26. The van der Waals surface area contributed by atoms with Crippen LogP contribution in [0.15, 0.2) is 30.6 Å². The molecule has 1 amide bonds. The van der Waals surface area contributed by atoms with Crippen molar-refractivity contribution in [2.75, 3.05) is 0 Å². The van der Waals surface area contributed by atoms with Crippen LogP contribution in [0.1, 0.15) is 42.6 Å². The number of benzene rings is 1. The molecule has 0 aliphatic heterocycles. The molecule has 0 aliphatic rings. The highest BCUT2D eigenvalue weighted by molar-refractivity contribution is 6.32. The van der Waals surface area contributed by atoms with Crippen molar-refractivity contribution < 1.29 is 14.3 Å². The van der Waals surface area contributed by atoms with Crippen molar-refractivity contribution in [3.8, 4) is 17.3 Å². The quantitative estimate of drug-likeness (QED) is 0.555. The molecule has 0 saturated heterocycles. The summed E-state index contributed by atoms with van der Waals surface area (Å²) in [5.74, 6) is -0.799. The molecule has 30 heavy (non-hydrogen) atoms. The maximum Gasteiger partial charge on any atom is 0.271 e. The molecule has 2 heterocycles. The lowest BCUT2D eigenvalue weighted by Gasteiger charge is -2.14. The van der Waals surface area contributed by atoms with Gasteiger partial charge in [-0.05, 0) is 39.0 Å². The molecule has 10 heteroatoms. The number of imidazole rings is 1. The minimum Gasteiger partial charge on any atom is -0.383 e. The summed E-state index contributed by atoms with van der Waals surface area (Å²) >= 11 is 5.95. The highest BCUT2D eigenvalue weighted by atomic mass is 35.5. The number of halogens is 2. The molecule has 3 rings (SSSR count). The number of H-pyrrole nitrogens is 1. The van der Waals surface area contributed by atoms with Crippen LogP contribution in [0.25, 0.3) is 11.3 Å². The lowest BCUT2D eigenvalue weighted by atomic mass is 10.1. The van der Waals surface area contributed by atoms with E-state index in [2.05, 4.69) is 20.4 Å². The van der Waals surface area contributed by atoms with Crippen molar-refractivity contribution in [1.82, 2.24) is 25.1 Å². The fraction of sp³-hybridized carbons (Fsp3) is 0.300. The lowest BCUT2D eigenvalue weighted by Crippen LogP contribution is -2.36. The second-order valence-electron chi connectivity index (χ2n) is 7.42. The molecule has 3 aromatic rings. The van der Waals surface area contributed by atoms with Crippen molar-refractivity contribution in [2.24, 2.45) is 0 Å². The predicted molar refractivity (Wildman–Crippen MR) is 108 cm³/mol. The summed E-state index contributed by atoms with van der Waals surface area (Å²) in [7, 11) is 0. The first-order chi connectivity index (χ1) is 14.1. The molecular weight excluding hydrogens is 411 g/mol. The Labute approximate surface area is 177 Å². The summed E-state index contributed by atoms with van der Waals surface area (Å²) in [6.45, 7) is 5.30. The first-order valence-corrected chi connectivity index (χ1v) is 9.48. The maximum atomic E-state index is 14.0. The van der Waals surface area contributed by atoms with E-state index in [0.29, 0.717) is 23.6 Å². The monoisotopic (exact) mass is 430 g/mol. The number of aromatic nitrogens is 4. The van der Waals surface area contributed by atoms with E-state index >= 15 is 0 Å². The van der Waals surface area contributed by atoms with Crippen LogP contribution in [0.5, 0.6) is 0 Å². The van der Waals surface area contributed by atoms with Crippen molar-refractivity contribution in [1.29, 1.82) is 5.26 Å². The Morgan fingerprint density at radius 2 is 2.23 bits per heavy atom. The number of nitriles is 1. The number of carbonyl (C=O) groups is 1. The highest BCUT2D eigenvalue weighted by Crippen LogP contribution is 2.26. The van der Waals surface area contributed by atoms with Crippen molar-refractivity contribution >= 4 is 17.5 Å². The molecule has 0 bridgehead atoms. The Hall–Kier alpha value is -3.22. The third-order valence-corrected chi connectivity index (χ3v) is 4.62. The Kier molecular flexibility index (Phi) is 5.92. The molecule has 156 valence electrons. The minimum absolute atomic E-state index is 0.0205. The number of amides is 1. The number of rotatable bonds is 6. The van der Waals surface area contributed by atoms with Gasteiger partial charge < -0.3 is 15.4 Å². The molecule has 8 nitrogen and oxygen atoms in total. The predicted octanol–water partition coefficient (Wildman–Crippen LogP) is 2.98. The van der Waals surface area contributed by atoms with Gasteiger partial charge in [-0.25, -0.2) is 9.37 Å². The Bertz CT molecular complexity index is 1100. The Morgan fingerprint density at radius 3 is 2.83 bits per heavy atom. The van der Waals surface area contributed by atoms with Crippen molar-refractivity contribution in [3.63, 3.8) is 0 Å². The van der Waals surface area contributed by atoms with Crippen LogP contribution in [-0.2, 0) is 12.1 Å². The van der Waals surface area contributed by atoms with Gasteiger partial charge in [-0.3, -0.25) is 9.48 Å². The third kappa shape index (κ3) is 4.67. The van der Waals surface area contributed by atoms with E-state index in [0.717, 1.165) is 0 Å². The van der Waals surface area contributed by atoms with E-state index in [1.165, 1.54) is 18.3 Å². The molecule has 1 atom stereocenters. The van der Waals surface area contributed by atoms with Gasteiger partial charge in [0.1, 0.15) is 34.6 Å².